The molecule has 1 N–H and O–H groups in total. The number of H-pyrrole nitrogens is 1. The fourth-order valence-electron chi connectivity index (χ4n) is 1.38. The Kier molecular flexibility index (Phi) is 2.71. The highest BCUT2D eigenvalue weighted by atomic mass is 16.6. The van der Waals surface area contributed by atoms with Crippen LogP contribution in [-0.2, 0) is 0 Å². The Balaban J connectivity index is 2.47. The van der Waals surface area contributed by atoms with Crippen LogP contribution in [0.15, 0.2) is 18.2 Å². The topological polar surface area (TPSA) is 95.6 Å². The number of nitro benzene ring substituents is 1. The average Bonchev–Trinajstić information content (AvgIpc) is 2.72. The largest absolute Gasteiger partial charge is 0.271 e. The van der Waals surface area contributed by atoms with E-state index in [1.54, 1.807) is 6.07 Å². The van der Waals surface area contributed by atoms with Gasteiger partial charge in [0.2, 0.25) is 0 Å². The number of nitro groups is 1. The van der Waals surface area contributed by atoms with Gasteiger partial charge >= 0.3 is 0 Å². The van der Waals surface area contributed by atoms with Crippen LogP contribution < -0.4 is 0 Å². The first-order valence-corrected chi connectivity index (χ1v) is 4.70. The predicted molar refractivity (Wildman–Crippen MR) is 59.9 cm³/mol. The highest BCUT2D eigenvalue weighted by molar-refractivity contribution is 5.85. The first-order valence-electron chi connectivity index (χ1n) is 4.70. The van der Waals surface area contributed by atoms with E-state index in [1.807, 2.05) is 6.07 Å². The molecule has 82 valence electrons. The standard InChI is InChI=1S/C11H6N4O2/c12-6-2-1-3-10-9-5-4-8(15(16)17)7-11(9)14-13-10/h4-5,7H,2H2,(H,13,14). The van der Waals surface area contributed by atoms with Gasteiger partial charge in [-0.1, -0.05) is 5.92 Å². The lowest BCUT2D eigenvalue weighted by Gasteiger charge is -1.90. The first kappa shape index (κ1) is 10.7. The summed E-state index contributed by atoms with van der Waals surface area (Å²) in [5.41, 5.74) is 1.03. The zero-order chi connectivity index (χ0) is 12.3. The fraction of sp³-hybridized carbons (Fsp3) is 0.0909. The van der Waals surface area contributed by atoms with Crippen LogP contribution in [0.1, 0.15) is 12.1 Å². The van der Waals surface area contributed by atoms with Crippen LogP contribution >= 0.6 is 0 Å². The van der Waals surface area contributed by atoms with E-state index in [1.165, 1.54) is 12.1 Å². The van der Waals surface area contributed by atoms with E-state index in [0.29, 0.717) is 16.6 Å². The highest BCUT2D eigenvalue weighted by Gasteiger charge is 2.09. The summed E-state index contributed by atoms with van der Waals surface area (Å²) in [6.07, 6.45) is 0.132. The van der Waals surface area contributed by atoms with Crippen molar-refractivity contribution in [3.05, 3.63) is 34.0 Å². The number of aromatic nitrogens is 2. The van der Waals surface area contributed by atoms with Gasteiger partial charge in [-0.2, -0.15) is 10.4 Å². The second kappa shape index (κ2) is 4.33. The summed E-state index contributed by atoms with van der Waals surface area (Å²) in [7, 11) is 0. The van der Waals surface area contributed by atoms with Gasteiger partial charge in [-0.25, -0.2) is 0 Å². The normalized spacial score (nSPS) is 9.35. The average molecular weight is 226 g/mol. The van der Waals surface area contributed by atoms with Gasteiger partial charge in [-0.3, -0.25) is 15.2 Å². The first-order chi connectivity index (χ1) is 8.22. The molecule has 6 heteroatoms. The van der Waals surface area contributed by atoms with E-state index in [-0.39, 0.29) is 12.1 Å². The van der Waals surface area contributed by atoms with Crippen molar-refractivity contribution in [3.8, 4) is 17.9 Å². The van der Waals surface area contributed by atoms with Crippen molar-refractivity contribution in [2.24, 2.45) is 0 Å². The Hall–Kier alpha value is -2.86. The SMILES string of the molecule is N#CCC#Cc1[nH]nc2cc([N+](=O)[O-])ccc12. The molecule has 1 heterocycles. The lowest BCUT2D eigenvalue weighted by Crippen LogP contribution is -1.86. The summed E-state index contributed by atoms with van der Waals surface area (Å²) < 4.78 is 0. The number of hydrogen-bond donors (Lipinski definition) is 1. The Labute approximate surface area is 96.0 Å². The molecule has 0 saturated heterocycles. The van der Waals surface area contributed by atoms with Crippen molar-refractivity contribution >= 4 is 16.6 Å². The van der Waals surface area contributed by atoms with Gasteiger partial charge in [0.15, 0.2) is 0 Å². The number of nitrogens with zero attached hydrogens (tertiary/aromatic N) is 3. The summed E-state index contributed by atoms with van der Waals surface area (Å²) >= 11 is 0. The Morgan fingerprint density at radius 2 is 2.35 bits per heavy atom. The molecule has 1 aromatic carbocycles. The van der Waals surface area contributed by atoms with Crippen molar-refractivity contribution in [1.82, 2.24) is 10.2 Å². The number of benzene rings is 1. The van der Waals surface area contributed by atoms with Crippen molar-refractivity contribution < 1.29 is 4.92 Å². The molecule has 2 aromatic rings. The quantitative estimate of drug-likeness (QED) is 0.455. The van der Waals surface area contributed by atoms with Crippen LogP contribution in [0.5, 0.6) is 0 Å². The molecule has 0 unspecified atom stereocenters. The van der Waals surface area contributed by atoms with E-state index >= 15 is 0 Å². The van der Waals surface area contributed by atoms with Crippen molar-refractivity contribution in [1.29, 1.82) is 5.26 Å². The fourth-order valence-corrected chi connectivity index (χ4v) is 1.38. The number of fused-ring (bicyclic) bond motifs is 1. The van der Waals surface area contributed by atoms with E-state index in [2.05, 4.69) is 22.0 Å². The van der Waals surface area contributed by atoms with Crippen molar-refractivity contribution in [2.75, 3.05) is 0 Å². The summed E-state index contributed by atoms with van der Waals surface area (Å²) in [6.45, 7) is 0. The molecule has 2 rings (SSSR count). The summed E-state index contributed by atoms with van der Waals surface area (Å²) in [4.78, 5) is 10.1. The number of nitrogens with one attached hydrogen (secondary N) is 1. The number of aromatic amines is 1. The Bertz CT molecular complexity index is 685. The third-order valence-corrected chi connectivity index (χ3v) is 2.13. The maximum Gasteiger partial charge on any atom is 0.271 e. The van der Waals surface area contributed by atoms with E-state index in [0.717, 1.165) is 0 Å². The third kappa shape index (κ3) is 2.06. The van der Waals surface area contributed by atoms with Gasteiger partial charge in [0, 0.05) is 17.5 Å². The van der Waals surface area contributed by atoms with Crippen LogP contribution in [0.2, 0.25) is 0 Å². The molecule has 0 radical (unpaired) electrons. The van der Waals surface area contributed by atoms with Crippen LogP contribution in [0.25, 0.3) is 10.9 Å². The molecule has 6 nitrogen and oxygen atoms in total. The number of hydrogen-bond acceptors (Lipinski definition) is 4. The molecule has 0 spiro atoms. The second-order valence-electron chi connectivity index (χ2n) is 3.19. The van der Waals surface area contributed by atoms with Gasteiger partial charge < -0.3 is 0 Å². The van der Waals surface area contributed by atoms with Gasteiger partial charge in [0.05, 0.1) is 17.4 Å². The maximum atomic E-state index is 10.6. The number of non-ortho nitro benzene ring substituents is 1. The molecule has 0 bridgehead atoms. The van der Waals surface area contributed by atoms with Crippen LogP contribution in [-0.4, -0.2) is 15.1 Å². The second-order valence-corrected chi connectivity index (χ2v) is 3.19. The number of nitriles is 1. The molecule has 0 saturated carbocycles. The lowest BCUT2D eigenvalue weighted by molar-refractivity contribution is -0.384. The van der Waals surface area contributed by atoms with Gasteiger partial charge in [-0.15, -0.1) is 0 Å². The predicted octanol–water partition coefficient (Wildman–Crippen LogP) is 1.74. The molecule has 0 aliphatic carbocycles. The maximum absolute atomic E-state index is 10.6. The van der Waals surface area contributed by atoms with Crippen LogP contribution in [0.4, 0.5) is 5.69 Å². The van der Waals surface area contributed by atoms with E-state index < -0.39 is 4.92 Å². The molecule has 0 aliphatic heterocycles. The summed E-state index contributed by atoms with van der Waals surface area (Å²) in [5, 5.41) is 26.2. The highest BCUT2D eigenvalue weighted by Crippen LogP contribution is 2.20. The van der Waals surface area contributed by atoms with Gasteiger partial charge in [0.1, 0.15) is 11.2 Å². The number of rotatable bonds is 1. The molecule has 0 atom stereocenters. The zero-order valence-corrected chi connectivity index (χ0v) is 8.60. The van der Waals surface area contributed by atoms with Crippen molar-refractivity contribution in [3.63, 3.8) is 0 Å². The molecule has 0 amide bonds. The molecular weight excluding hydrogens is 220 g/mol. The Morgan fingerprint density at radius 3 is 3.06 bits per heavy atom. The molecular formula is C11H6N4O2. The molecule has 0 aliphatic rings. The molecule has 1 aromatic heterocycles. The summed E-state index contributed by atoms with van der Waals surface area (Å²) in [6, 6.07) is 6.27. The minimum Gasteiger partial charge on any atom is -0.269 e. The molecule has 0 fully saturated rings. The van der Waals surface area contributed by atoms with Crippen LogP contribution in [0.3, 0.4) is 0 Å². The smallest absolute Gasteiger partial charge is 0.269 e. The minimum absolute atomic E-state index is 0.0134. The minimum atomic E-state index is -0.477. The zero-order valence-electron chi connectivity index (χ0n) is 8.60. The Morgan fingerprint density at radius 1 is 1.53 bits per heavy atom. The lowest BCUT2D eigenvalue weighted by atomic mass is 10.2. The van der Waals surface area contributed by atoms with E-state index in [4.69, 9.17) is 5.26 Å². The molecule has 17 heavy (non-hydrogen) atoms. The van der Waals surface area contributed by atoms with Crippen molar-refractivity contribution in [2.45, 2.75) is 6.42 Å². The van der Waals surface area contributed by atoms with E-state index in [9.17, 15) is 10.1 Å². The van der Waals surface area contributed by atoms with Gasteiger partial charge in [0.25, 0.3) is 5.69 Å². The monoisotopic (exact) mass is 226 g/mol. The summed E-state index contributed by atoms with van der Waals surface area (Å²) in [5.74, 6) is 5.41. The van der Waals surface area contributed by atoms with Gasteiger partial charge in [-0.05, 0) is 12.0 Å². The third-order valence-electron chi connectivity index (χ3n) is 2.13. The van der Waals surface area contributed by atoms with Crippen LogP contribution in [0, 0.1) is 33.3 Å².